The molecule has 1 aromatic carbocycles. The summed E-state index contributed by atoms with van der Waals surface area (Å²) in [6.07, 6.45) is 3.42. The molecule has 3 amide bonds. The van der Waals surface area contributed by atoms with Gasteiger partial charge in [-0.2, -0.15) is 0 Å². The molecule has 1 aliphatic rings. The molecule has 1 N–H and O–H groups in total. The fourth-order valence-corrected chi connectivity index (χ4v) is 3.22. The van der Waals surface area contributed by atoms with Gasteiger partial charge >= 0.3 is 0 Å². The molecule has 1 heterocycles. The number of imide groups is 1. The molecule has 0 saturated carbocycles. The van der Waals surface area contributed by atoms with Crippen LogP contribution < -0.4 is 10.2 Å². The van der Waals surface area contributed by atoms with E-state index in [4.69, 9.17) is 4.74 Å². The summed E-state index contributed by atoms with van der Waals surface area (Å²) in [6, 6.07) is 7.32. The number of rotatable bonds is 11. The highest BCUT2D eigenvalue weighted by molar-refractivity contribution is 6.21. The van der Waals surface area contributed by atoms with Crippen LogP contribution in [-0.4, -0.2) is 37.5 Å². The molecule has 1 aliphatic heterocycles. The van der Waals surface area contributed by atoms with Crippen LogP contribution in [0.25, 0.3) is 0 Å². The molecule has 6 nitrogen and oxygen atoms in total. The molecular formula is C22H32N2O4. The number of unbranched alkanes of at least 4 members (excludes halogenated alkanes) is 1. The fourth-order valence-electron chi connectivity index (χ4n) is 3.22. The average molecular weight is 389 g/mol. The van der Waals surface area contributed by atoms with Crippen LogP contribution in [0.1, 0.15) is 52.0 Å². The number of nitrogens with zero attached hydrogens (tertiary/aromatic N) is 1. The Kier molecular flexibility index (Phi) is 8.64. The number of hydrogen-bond acceptors (Lipinski definition) is 4. The zero-order valence-corrected chi connectivity index (χ0v) is 17.2. The zero-order chi connectivity index (χ0) is 20.5. The van der Waals surface area contributed by atoms with Crippen LogP contribution >= 0.6 is 0 Å². The molecule has 0 aliphatic carbocycles. The lowest BCUT2D eigenvalue weighted by Gasteiger charge is -2.16. The Morgan fingerprint density at radius 2 is 1.93 bits per heavy atom. The van der Waals surface area contributed by atoms with Gasteiger partial charge in [0.1, 0.15) is 0 Å². The van der Waals surface area contributed by atoms with E-state index in [2.05, 4.69) is 12.2 Å². The van der Waals surface area contributed by atoms with Crippen LogP contribution in [0.3, 0.4) is 0 Å². The summed E-state index contributed by atoms with van der Waals surface area (Å²) in [6.45, 7) is 7.84. The molecule has 2 rings (SSSR count). The minimum atomic E-state index is -0.234. The summed E-state index contributed by atoms with van der Waals surface area (Å²) >= 11 is 0. The van der Waals surface area contributed by atoms with Crippen molar-refractivity contribution in [2.24, 2.45) is 11.8 Å². The summed E-state index contributed by atoms with van der Waals surface area (Å²) in [4.78, 5) is 37.9. The van der Waals surface area contributed by atoms with Gasteiger partial charge in [-0.15, -0.1) is 0 Å². The largest absolute Gasteiger partial charge is 0.380 e. The zero-order valence-electron chi connectivity index (χ0n) is 17.2. The van der Waals surface area contributed by atoms with Crippen LogP contribution in [-0.2, 0) is 25.5 Å². The third kappa shape index (κ3) is 6.16. The van der Waals surface area contributed by atoms with E-state index in [9.17, 15) is 14.4 Å². The molecular weight excluding hydrogens is 356 g/mol. The minimum Gasteiger partial charge on any atom is -0.380 e. The number of carbonyl (C=O) groups excluding carboxylic acids is 3. The Morgan fingerprint density at radius 3 is 2.54 bits per heavy atom. The molecule has 1 fully saturated rings. The highest BCUT2D eigenvalue weighted by Gasteiger charge is 2.40. The van der Waals surface area contributed by atoms with Crippen LogP contribution in [0.4, 0.5) is 5.69 Å². The number of aryl methyl sites for hydroxylation is 1. The van der Waals surface area contributed by atoms with Crippen molar-refractivity contribution in [2.75, 3.05) is 24.7 Å². The lowest BCUT2D eigenvalue weighted by atomic mass is 9.94. The van der Waals surface area contributed by atoms with Crippen molar-refractivity contribution in [1.29, 1.82) is 0 Å². The van der Waals surface area contributed by atoms with Crippen molar-refractivity contribution in [3.63, 3.8) is 0 Å². The SMILES string of the molecule is CCCCOCCNC(=O)CCc1ccc(N2C(=O)CC(C(C)C)C2=O)cc1. The Bertz CT molecular complexity index is 670. The van der Waals surface area contributed by atoms with E-state index in [0.29, 0.717) is 31.7 Å². The van der Waals surface area contributed by atoms with Crippen LogP contribution in [0.15, 0.2) is 24.3 Å². The van der Waals surface area contributed by atoms with E-state index in [1.165, 1.54) is 4.90 Å². The summed E-state index contributed by atoms with van der Waals surface area (Å²) in [5, 5.41) is 2.85. The van der Waals surface area contributed by atoms with E-state index >= 15 is 0 Å². The quantitative estimate of drug-likeness (QED) is 0.467. The summed E-state index contributed by atoms with van der Waals surface area (Å²) in [5.74, 6) is -0.351. The molecule has 6 heteroatoms. The number of nitrogens with one attached hydrogen (secondary N) is 1. The smallest absolute Gasteiger partial charge is 0.237 e. The van der Waals surface area contributed by atoms with Crippen LogP contribution in [0.5, 0.6) is 0 Å². The second kappa shape index (κ2) is 11.0. The minimum absolute atomic E-state index is 0.00663. The maximum atomic E-state index is 12.5. The lowest BCUT2D eigenvalue weighted by Crippen LogP contribution is -2.31. The van der Waals surface area contributed by atoms with Crippen molar-refractivity contribution in [2.45, 2.75) is 52.9 Å². The van der Waals surface area contributed by atoms with Gasteiger partial charge in [0.05, 0.1) is 18.2 Å². The predicted octanol–water partition coefficient (Wildman–Crippen LogP) is 3.09. The molecule has 1 unspecified atom stereocenters. The molecule has 1 atom stereocenters. The number of anilines is 1. The van der Waals surface area contributed by atoms with Crippen LogP contribution in [0.2, 0.25) is 0 Å². The molecule has 1 aromatic rings. The monoisotopic (exact) mass is 388 g/mol. The van der Waals surface area contributed by atoms with Crippen molar-refractivity contribution in [3.05, 3.63) is 29.8 Å². The molecule has 0 spiro atoms. The van der Waals surface area contributed by atoms with Gasteiger partial charge in [-0.25, -0.2) is 0 Å². The van der Waals surface area contributed by atoms with Crippen molar-refractivity contribution < 1.29 is 19.1 Å². The Morgan fingerprint density at radius 1 is 1.21 bits per heavy atom. The van der Waals surface area contributed by atoms with Gasteiger partial charge in [0, 0.05) is 26.0 Å². The number of benzene rings is 1. The van der Waals surface area contributed by atoms with Crippen molar-refractivity contribution >= 4 is 23.4 Å². The average Bonchev–Trinajstić information content (AvgIpc) is 2.98. The molecule has 28 heavy (non-hydrogen) atoms. The first-order valence-electron chi connectivity index (χ1n) is 10.2. The van der Waals surface area contributed by atoms with E-state index in [-0.39, 0.29) is 36.0 Å². The van der Waals surface area contributed by atoms with E-state index in [1.807, 2.05) is 26.0 Å². The number of amides is 3. The van der Waals surface area contributed by atoms with Gasteiger partial charge in [-0.05, 0) is 36.5 Å². The third-order valence-corrected chi connectivity index (χ3v) is 5.03. The highest BCUT2D eigenvalue weighted by atomic mass is 16.5. The Balaban J connectivity index is 1.78. The number of hydrogen-bond donors (Lipinski definition) is 1. The second-order valence-electron chi connectivity index (χ2n) is 7.60. The van der Waals surface area contributed by atoms with Crippen LogP contribution in [0, 0.1) is 11.8 Å². The van der Waals surface area contributed by atoms with Crippen molar-refractivity contribution in [3.8, 4) is 0 Å². The summed E-state index contributed by atoms with van der Waals surface area (Å²) in [7, 11) is 0. The fraction of sp³-hybridized carbons (Fsp3) is 0.591. The van der Waals surface area contributed by atoms with Gasteiger partial charge in [-0.1, -0.05) is 39.3 Å². The van der Waals surface area contributed by atoms with E-state index in [1.54, 1.807) is 12.1 Å². The third-order valence-electron chi connectivity index (χ3n) is 5.03. The normalized spacial score (nSPS) is 16.9. The molecule has 154 valence electrons. The van der Waals surface area contributed by atoms with Gasteiger partial charge in [0.2, 0.25) is 17.7 Å². The highest BCUT2D eigenvalue weighted by Crippen LogP contribution is 2.30. The van der Waals surface area contributed by atoms with Crippen molar-refractivity contribution in [1.82, 2.24) is 5.32 Å². The first-order valence-corrected chi connectivity index (χ1v) is 10.2. The standard InChI is InChI=1S/C22H32N2O4/c1-4-5-13-28-14-12-23-20(25)11-8-17-6-9-18(10-7-17)24-21(26)15-19(16(2)3)22(24)27/h6-7,9-10,16,19H,4-5,8,11-15H2,1-3H3,(H,23,25). The second-order valence-corrected chi connectivity index (χ2v) is 7.60. The maximum Gasteiger partial charge on any atom is 0.237 e. The lowest BCUT2D eigenvalue weighted by molar-refractivity contribution is -0.123. The summed E-state index contributed by atoms with van der Waals surface area (Å²) in [5.41, 5.74) is 1.60. The topological polar surface area (TPSA) is 75.7 Å². The first kappa shape index (κ1) is 22.1. The van der Waals surface area contributed by atoms with E-state index < -0.39 is 0 Å². The predicted molar refractivity (Wildman–Crippen MR) is 109 cm³/mol. The molecule has 1 saturated heterocycles. The van der Waals surface area contributed by atoms with Gasteiger partial charge in [-0.3, -0.25) is 19.3 Å². The van der Waals surface area contributed by atoms with Gasteiger partial charge in [0.25, 0.3) is 0 Å². The first-order chi connectivity index (χ1) is 13.4. The number of ether oxygens (including phenoxy) is 1. The Hall–Kier alpha value is -2.21. The maximum absolute atomic E-state index is 12.5. The molecule has 0 aromatic heterocycles. The Labute approximate surface area is 167 Å². The molecule has 0 radical (unpaired) electrons. The van der Waals surface area contributed by atoms with Gasteiger partial charge < -0.3 is 10.1 Å². The summed E-state index contributed by atoms with van der Waals surface area (Å²) < 4.78 is 5.41. The van der Waals surface area contributed by atoms with Gasteiger partial charge in [0.15, 0.2) is 0 Å². The van der Waals surface area contributed by atoms with E-state index in [0.717, 1.165) is 25.0 Å². The number of carbonyl (C=O) groups is 3. The molecule has 0 bridgehead atoms.